The molecule has 88 valence electrons. The third-order valence-electron chi connectivity index (χ3n) is 2.01. The number of halogens is 2. The summed E-state index contributed by atoms with van der Waals surface area (Å²) >= 11 is 5.41. The van der Waals surface area contributed by atoms with E-state index in [1.165, 1.54) is 0 Å². The summed E-state index contributed by atoms with van der Waals surface area (Å²) < 4.78 is 5.50. The Morgan fingerprint density at radius 2 is 2.25 bits per heavy atom. The Kier molecular flexibility index (Phi) is 6.03. The largest absolute Gasteiger partial charge is 0.494 e. The molecule has 0 aromatic heterocycles. The first-order valence-corrected chi connectivity index (χ1v) is 6.96. The molecule has 1 aromatic rings. The number of hydrogen-bond donors (Lipinski definition) is 0. The van der Waals surface area contributed by atoms with Crippen molar-refractivity contribution in [3.8, 4) is 5.75 Å². The topological polar surface area (TPSA) is 26.3 Å². The number of carbonyl (C=O) groups excluding carboxylic acids is 1. The third-order valence-corrected chi connectivity index (χ3v) is 3.22. The van der Waals surface area contributed by atoms with Crippen molar-refractivity contribution in [1.82, 2.24) is 0 Å². The van der Waals surface area contributed by atoms with Crippen molar-refractivity contribution >= 4 is 38.5 Å². The van der Waals surface area contributed by atoms with Crippen molar-refractivity contribution < 1.29 is 9.53 Å². The molecule has 0 heterocycles. The lowest BCUT2D eigenvalue weighted by Crippen LogP contribution is -1.98. The molecule has 5 heteroatoms. The number of unbranched alkanes of at least 4 members (excludes halogenated alkanes) is 1. The fourth-order valence-electron chi connectivity index (χ4n) is 1.15. The Bertz CT molecular complexity index is 369. The summed E-state index contributed by atoms with van der Waals surface area (Å²) in [4.78, 5) is 11.7. The number of ether oxygens (including phenoxy) is 1. The molecule has 0 N–H and O–H groups in total. The second kappa shape index (κ2) is 7.05. The minimum Gasteiger partial charge on any atom is -0.494 e. The van der Waals surface area contributed by atoms with Gasteiger partial charge in [-0.25, -0.2) is 0 Å². The maximum Gasteiger partial charge on any atom is 0.253 e. The van der Waals surface area contributed by atoms with Crippen LogP contribution in [0.3, 0.4) is 0 Å². The lowest BCUT2D eigenvalue weighted by molar-refractivity contribution is 0.107. The van der Waals surface area contributed by atoms with E-state index < -0.39 is 5.24 Å². The van der Waals surface area contributed by atoms with E-state index in [9.17, 15) is 4.79 Å². The smallest absolute Gasteiger partial charge is 0.253 e. The zero-order valence-corrected chi connectivity index (χ0v) is 11.2. The molecule has 1 aromatic carbocycles. The molecule has 0 aliphatic carbocycles. The first-order chi connectivity index (χ1) is 7.69. The number of benzene rings is 1. The van der Waals surface area contributed by atoms with Gasteiger partial charge in [-0.3, -0.25) is 4.79 Å². The summed E-state index contributed by atoms with van der Waals surface area (Å²) in [5.41, 5.74) is 0.407. The van der Waals surface area contributed by atoms with E-state index in [0.29, 0.717) is 22.8 Å². The van der Waals surface area contributed by atoms with Crippen LogP contribution in [0.15, 0.2) is 23.1 Å². The van der Waals surface area contributed by atoms with Crippen LogP contribution in [0.4, 0.5) is 0 Å². The second-order valence-corrected chi connectivity index (χ2v) is 4.61. The Morgan fingerprint density at radius 3 is 2.81 bits per heavy atom. The van der Waals surface area contributed by atoms with Crippen molar-refractivity contribution in [1.29, 1.82) is 0 Å². The summed E-state index contributed by atoms with van der Waals surface area (Å²) in [7, 11) is 6.62. The normalized spacial score (nSPS) is 10.2. The minimum atomic E-state index is -0.511. The summed E-state index contributed by atoms with van der Waals surface area (Å²) in [6, 6.07) is 5.08. The molecule has 0 atom stereocenters. The summed E-state index contributed by atoms with van der Waals surface area (Å²) in [6.07, 6.45) is 2.08. The van der Waals surface area contributed by atoms with Crippen LogP contribution in [0.1, 0.15) is 30.1 Å². The van der Waals surface area contributed by atoms with Gasteiger partial charge in [-0.1, -0.05) is 13.3 Å². The first-order valence-electron chi connectivity index (χ1n) is 4.94. The highest BCUT2D eigenvalue weighted by molar-refractivity contribution is 8.21. The van der Waals surface area contributed by atoms with Crippen LogP contribution in [0.5, 0.6) is 5.75 Å². The van der Waals surface area contributed by atoms with Crippen LogP contribution in [0, 0.1) is 0 Å². The molecule has 0 aliphatic heterocycles. The molecular weight excluding hydrogens is 267 g/mol. The Hall–Kier alpha value is -0.380. The van der Waals surface area contributed by atoms with Gasteiger partial charge in [0, 0.05) is 10.5 Å². The van der Waals surface area contributed by atoms with E-state index in [1.807, 2.05) is 0 Å². The third kappa shape index (κ3) is 3.89. The highest BCUT2D eigenvalue weighted by Gasteiger charge is 2.10. The van der Waals surface area contributed by atoms with Gasteiger partial charge < -0.3 is 4.74 Å². The molecule has 0 saturated heterocycles. The first kappa shape index (κ1) is 13.7. The van der Waals surface area contributed by atoms with Crippen molar-refractivity contribution in [2.45, 2.75) is 24.7 Å². The van der Waals surface area contributed by atoms with Gasteiger partial charge in [-0.15, -0.1) is 0 Å². The molecule has 0 radical (unpaired) electrons. The van der Waals surface area contributed by atoms with Crippen molar-refractivity contribution in [3.05, 3.63) is 23.8 Å². The molecule has 0 amide bonds. The summed E-state index contributed by atoms with van der Waals surface area (Å²) in [5, 5.41) is -0.511. The molecule has 0 fully saturated rings. The van der Waals surface area contributed by atoms with Crippen LogP contribution in [0.2, 0.25) is 0 Å². The van der Waals surface area contributed by atoms with Gasteiger partial charge >= 0.3 is 0 Å². The van der Waals surface area contributed by atoms with Crippen LogP contribution in [-0.2, 0) is 0 Å². The lowest BCUT2D eigenvalue weighted by atomic mass is 10.2. The maximum absolute atomic E-state index is 11.0. The molecule has 0 aliphatic rings. The predicted molar refractivity (Wildman–Crippen MR) is 68.7 cm³/mol. The van der Waals surface area contributed by atoms with Crippen molar-refractivity contribution in [2.24, 2.45) is 0 Å². The fourth-order valence-corrected chi connectivity index (χ4v) is 2.16. The number of rotatable bonds is 6. The second-order valence-electron chi connectivity index (χ2n) is 3.21. The van der Waals surface area contributed by atoms with Crippen molar-refractivity contribution in [2.75, 3.05) is 6.61 Å². The van der Waals surface area contributed by atoms with Crippen LogP contribution >= 0.6 is 33.3 Å². The lowest BCUT2D eigenvalue weighted by Gasteiger charge is -2.08. The molecule has 0 bridgehead atoms. The monoisotopic (exact) mass is 278 g/mol. The molecular formula is C11H12Cl2O2S. The van der Waals surface area contributed by atoms with Gasteiger partial charge in [0.25, 0.3) is 5.24 Å². The van der Waals surface area contributed by atoms with E-state index in [0.717, 1.165) is 23.8 Å². The molecule has 2 nitrogen and oxygen atoms in total. The Balaban J connectivity index is 2.78. The van der Waals surface area contributed by atoms with Gasteiger partial charge in [-0.2, -0.15) is 0 Å². The minimum absolute atomic E-state index is 0.407. The average molecular weight is 279 g/mol. The van der Waals surface area contributed by atoms with Crippen molar-refractivity contribution in [3.63, 3.8) is 0 Å². The zero-order chi connectivity index (χ0) is 12.0. The highest BCUT2D eigenvalue weighted by atomic mass is 35.7. The van der Waals surface area contributed by atoms with Gasteiger partial charge in [0.05, 0.1) is 6.61 Å². The molecule has 16 heavy (non-hydrogen) atoms. The van der Waals surface area contributed by atoms with Crippen LogP contribution in [-0.4, -0.2) is 11.8 Å². The van der Waals surface area contributed by atoms with E-state index in [1.54, 1.807) is 18.2 Å². The van der Waals surface area contributed by atoms with Gasteiger partial charge in [0.1, 0.15) is 5.75 Å². The molecule has 0 spiro atoms. The zero-order valence-electron chi connectivity index (χ0n) is 8.83. The molecule has 0 unspecified atom stereocenters. The van der Waals surface area contributed by atoms with Crippen LogP contribution in [0.25, 0.3) is 0 Å². The average Bonchev–Trinajstić information content (AvgIpc) is 2.29. The van der Waals surface area contributed by atoms with Gasteiger partial charge in [0.2, 0.25) is 0 Å². The van der Waals surface area contributed by atoms with E-state index in [2.05, 4.69) is 6.92 Å². The summed E-state index contributed by atoms with van der Waals surface area (Å²) in [6.45, 7) is 2.76. The standard InChI is InChI=1S/C11H12Cl2O2S/c1-2-3-6-15-8-4-5-9(11(12)14)10(7-8)16-13/h4-5,7H,2-3,6H2,1H3. The number of carbonyl (C=O) groups is 1. The van der Waals surface area contributed by atoms with Crippen LogP contribution < -0.4 is 4.74 Å². The fraction of sp³-hybridized carbons (Fsp3) is 0.364. The highest BCUT2D eigenvalue weighted by Crippen LogP contribution is 2.30. The Labute approximate surface area is 109 Å². The Morgan fingerprint density at radius 1 is 1.50 bits per heavy atom. The van der Waals surface area contributed by atoms with Gasteiger partial charge in [0.15, 0.2) is 0 Å². The van der Waals surface area contributed by atoms with Gasteiger partial charge in [-0.05, 0) is 57.9 Å². The maximum atomic E-state index is 11.0. The molecule has 0 saturated carbocycles. The quantitative estimate of drug-likeness (QED) is 0.567. The van der Waals surface area contributed by atoms with E-state index in [-0.39, 0.29) is 0 Å². The summed E-state index contributed by atoms with van der Waals surface area (Å²) in [5.74, 6) is 0.707. The van der Waals surface area contributed by atoms with E-state index >= 15 is 0 Å². The molecule has 1 rings (SSSR count). The number of hydrogen-bond acceptors (Lipinski definition) is 3. The van der Waals surface area contributed by atoms with E-state index in [4.69, 9.17) is 27.0 Å². The predicted octanol–water partition coefficient (Wildman–Crippen LogP) is 4.49. The SMILES string of the molecule is CCCCOc1ccc(C(=O)Cl)c(SCl)c1.